The van der Waals surface area contributed by atoms with Gasteiger partial charge in [-0.15, -0.1) is 0 Å². The van der Waals surface area contributed by atoms with Crippen molar-refractivity contribution in [2.75, 3.05) is 7.11 Å². The van der Waals surface area contributed by atoms with Gasteiger partial charge in [-0.05, 0) is 12.0 Å². The zero-order valence-electron chi connectivity index (χ0n) is 11.3. The van der Waals surface area contributed by atoms with Crippen LogP contribution in [0, 0.1) is 0 Å². The normalized spacial score (nSPS) is 13.4. The second-order valence-electron chi connectivity index (χ2n) is 4.29. The first kappa shape index (κ1) is 15.2. The van der Waals surface area contributed by atoms with Crippen molar-refractivity contribution in [2.24, 2.45) is 5.73 Å². The summed E-state index contributed by atoms with van der Waals surface area (Å²) in [4.78, 5) is 23.4. The molecule has 1 aromatic carbocycles. The van der Waals surface area contributed by atoms with Crippen LogP contribution < -0.4 is 11.1 Å². The van der Waals surface area contributed by atoms with Gasteiger partial charge in [0.15, 0.2) is 0 Å². The quantitative estimate of drug-likeness (QED) is 0.738. The van der Waals surface area contributed by atoms with Crippen molar-refractivity contribution in [3.05, 3.63) is 35.9 Å². The maximum atomic E-state index is 11.8. The number of carbonyl (C=O) groups excluding carboxylic acids is 2. The fourth-order valence-electron chi connectivity index (χ4n) is 1.65. The summed E-state index contributed by atoms with van der Waals surface area (Å²) in [5.74, 6) is -0.811. The molecule has 1 unspecified atom stereocenters. The first-order valence-corrected chi connectivity index (χ1v) is 6.26. The molecule has 19 heavy (non-hydrogen) atoms. The van der Waals surface area contributed by atoms with Gasteiger partial charge in [-0.2, -0.15) is 0 Å². The van der Waals surface area contributed by atoms with Gasteiger partial charge in [0.2, 0.25) is 5.91 Å². The molecule has 0 spiro atoms. The minimum Gasteiger partial charge on any atom is -0.467 e. The van der Waals surface area contributed by atoms with Crippen molar-refractivity contribution in [2.45, 2.75) is 31.8 Å². The van der Waals surface area contributed by atoms with Crippen LogP contribution in [0.5, 0.6) is 0 Å². The van der Waals surface area contributed by atoms with Gasteiger partial charge in [0.25, 0.3) is 0 Å². The summed E-state index contributed by atoms with van der Waals surface area (Å²) in [6.45, 7) is 1.81. The van der Waals surface area contributed by atoms with E-state index >= 15 is 0 Å². The molecule has 0 bridgehead atoms. The number of ether oxygens (including phenoxy) is 1. The Morgan fingerprint density at radius 3 is 2.47 bits per heavy atom. The molecule has 5 nitrogen and oxygen atoms in total. The van der Waals surface area contributed by atoms with Gasteiger partial charge in [-0.3, -0.25) is 4.79 Å². The third-order valence-electron chi connectivity index (χ3n) is 2.86. The van der Waals surface area contributed by atoms with Crippen LogP contribution in [-0.4, -0.2) is 31.1 Å². The second-order valence-corrected chi connectivity index (χ2v) is 4.29. The summed E-state index contributed by atoms with van der Waals surface area (Å²) >= 11 is 0. The van der Waals surface area contributed by atoms with Crippen LogP contribution in [0.2, 0.25) is 0 Å². The first-order chi connectivity index (χ1) is 9.08. The van der Waals surface area contributed by atoms with Crippen LogP contribution in [0.15, 0.2) is 30.3 Å². The summed E-state index contributed by atoms with van der Waals surface area (Å²) in [5, 5.41) is 2.63. The molecule has 0 aliphatic heterocycles. The molecule has 5 heteroatoms. The van der Waals surface area contributed by atoms with Crippen molar-refractivity contribution < 1.29 is 14.3 Å². The zero-order chi connectivity index (χ0) is 14.3. The highest BCUT2D eigenvalue weighted by Gasteiger charge is 2.23. The molecule has 0 aliphatic carbocycles. The number of carbonyl (C=O) groups is 2. The minimum atomic E-state index is -0.711. The van der Waals surface area contributed by atoms with Crippen LogP contribution in [0.1, 0.15) is 18.9 Å². The number of amides is 1. The lowest BCUT2D eigenvalue weighted by molar-refractivity contribution is -0.145. The fourth-order valence-corrected chi connectivity index (χ4v) is 1.65. The lowest BCUT2D eigenvalue weighted by atomic mass is 10.1. The number of methoxy groups -OCH3 is 1. The smallest absolute Gasteiger partial charge is 0.328 e. The summed E-state index contributed by atoms with van der Waals surface area (Å²) in [6, 6.07) is 8.11. The molecule has 104 valence electrons. The molecular weight excluding hydrogens is 244 g/mol. The predicted molar refractivity (Wildman–Crippen MR) is 72.4 cm³/mol. The number of rotatable bonds is 6. The Bertz CT molecular complexity index is 420. The molecule has 1 rings (SSSR count). The number of esters is 1. The average Bonchev–Trinajstić information content (AvgIpc) is 2.45. The molecule has 2 atom stereocenters. The number of nitrogens with two attached hydrogens (primary N) is 1. The summed E-state index contributed by atoms with van der Waals surface area (Å²) < 4.78 is 4.70. The molecule has 0 aliphatic rings. The van der Waals surface area contributed by atoms with Gasteiger partial charge in [0, 0.05) is 6.42 Å². The van der Waals surface area contributed by atoms with E-state index in [1.165, 1.54) is 7.11 Å². The van der Waals surface area contributed by atoms with Crippen molar-refractivity contribution in [1.29, 1.82) is 0 Å². The zero-order valence-corrected chi connectivity index (χ0v) is 11.3. The van der Waals surface area contributed by atoms with E-state index < -0.39 is 18.1 Å². The van der Waals surface area contributed by atoms with E-state index in [4.69, 9.17) is 10.5 Å². The van der Waals surface area contributed by atoms with Crippen LogP contribution >= 0.6 is 0 Å². The highest BCUT2D eigenvalue weighted by atomic mass is 16.5. The molecule has 0 saturated heterocycles. The van der Waals surface area contributed by atoms with E-state index in [1.807, 2.05) is 37.3 Å². The summed E-state index contributed by atoms with van der Waals surface area (Å²) in [6.07, 6.45) is 0.904. The molecule has 1 aromatic rings. The van der Waals surface area contributed by atoms with Gasteiger partial charge in [-0.1, -0.05) is 37.3 Å². The topological polar surface area (TPSA) is 81.4 Å². The molecular formula is C14H20N2O3. The van der Waals surface area contributed by atoms with Crippen molar-refractivity contribution >= 4 is 11.9 Å². The maximum Gasteiger partial charge on any atom is 0.328 e. The molecule has 0 fully saturated rings. The van der Waals surface area contributed by atoms with Gasteiger partial charge in [0.05, 0.1) is 13.2 Å². The minimum absolute atomic E-state index is 0.339. The molecule has 3 N–H and O–H groups in total. The van der Waals surface area contributed by atoms with E-state index in [1.54, 1.807) is 0 Å². The average molecular weight is 264 g/mol. The van der Waals surface area contributed by atoms with Crippen molar-refractivity contribution in [3.63, 3.8) is 0 Å². The SMILES string of the molecule is CC[C@H](N)C(=O)NC(Cc1ccccc1)C(=O)OC. The fraction of sp³-hybridized carbons (Fsp3) is 0.429. The van der Waals surface area contributed by atoms with E-state index in [2.05, 4.69) is 5.32 Å². The first-order valence-electron chi connectivity index (χ1n) is 6.26. The lowest BCUT2D eigenvalue weighted by Crippen LogP contribution is -2.49. The monoisotopic (exact) mass is 264 g/mol. The number of hydrogen-bond donors (Lipinski definition) is 2. The Morgan fingerprint density at radius 2 is 1.95 bits per heavy atom. The molecule has 0 heterocycles. The van der Waals surface area contributed by atoms with Crippen LogP contribution in [0.25, 0.3) is 0 Å². The summed E-state index contributed by atoms with van der Waals surface area (Å²) in [5.41, 5.74) is 6.58. The van der Waals surface area contributed by atoms with Gasteiger partial charge >= 0.3 is 5.97 Å². The maximum absolute atomic E-state index is 11.8. The van der Waals surface area contributed by atoms with E-state index in [0.717, 1.165) is 5.56 Å². The Hall–Kier alpha value is -1.88. The van der Waals surface area contributed by atoms with Gasteiger partial charge in [0.1, 0.15) is 6.04 Å². The molecule has 0 radical (unpaired) electrons. The van der Waals surface area contributed by atoms with Crippen molar-refractivity contribution in [3.8, 4) is 0 Å². The lowest BCUT2D eigenvalue weighted by Gasteiger charge is -2.18. The largest absolute Gasteiger partial charge is 0.467 e. The summed E-state index contributed by atoms with van der Waals surface area (Å²) in [7, 11) is 1.30. The number of nitrogens with one attached hydrogen (secondary N) is 1. The van der Waals surface area contributed by atoms with Crippen molar-refractivity contribution in [1.82, 2.24) is 5.32 Å². The molecule has 0 aromatic heterocycles. The van der Waals surface area contributed by atoms with E-state index in [0.29, 0.717) is 12.8 Å². The Kier molecular flexibility index (Phi) is 6.02. The highest BCUT2D eigenvalue weighted by molar-refractivity contribution is 5.87. The van der Waals surface area contributed by atoms with Crippen LogP contribution in [0.4, 0.5) is 0 Å². The number of hydrogen-bond acceptors (Lipinski definition) is 4. The van der Waals surface area contributed by atoms with Gasteiger partial charge < -0.3 is 15.8 Å². The van der Waals surface area contributed by atoms with Gasteiger partial charge in [-0.25, -0.2) is 4.79 Å². The van der Waals surface area contributed by atoms with Crippen LogP contribution in [-0.2, 0) is 20.7 Å². The molecule has 1 amide bonds. The Morgan fingerprint density at radius 1 is 1.32 bits per heavy atom. The van der Waals surface area contributed by atoms with E-state index in [-0.39, 0.29) is 5.91 Å². The molecule has 0 saturated carbocycles. The highest BCUT2D eigenvalue weighted by Crippen LogP contribution is 2.05. The van der Waals surface area contributed by atoms with E-state index in [9.17, 15) is 9.59 Å². The second kappa shape index (κ2) is 7.53. The predicted octanol–water partition coefficient (Wildman–Crippen LogP) is 0.624. The third-order valence-corrected chi connectivity index (χ3v) is 2.86. The standard InChI is InChI=1S/C14H20N2O3/c1-3-11(15)13(17)16-12(14(18)19-2)9-10-7-5-4-6-8-10/h4-8,11-12H,3,9,15H2,1-2H3,(H,16,17)/t11-,12?/m0/s1. The van der Waals surface area contributed by atoms with Crippen LogP contribution in [0.3, 0.4) is 0 Å². The Balaban J connectivity index is 2.73. The number of benzene rings is 1. The Labute approximate surface area is 113 Å². The third kappa shape index (κ3) is 4.71.